The summed E-state index contributed by atoms with van der Waals surface area (Å²) in [6.45, 7) is 5.34. The van der Waals surface area contributed by atoms with E-state index in [-0.39, 0.29) is 11.8 Å². The monoisotopic (exact) mass is 463 g/mol. The van der Waals surface area contributed by atoms with Crippen molar-refractivity contribution < 1.29 is 4.79 Å². The second-order valence-electron chi connectivity index (χ2n) is 8.45. The van der Waals surface area contributed by atoms with Gasteiger partial charge in [0.2, 0.25) is 5.91 Å². The number of hydrogen-bond donors (Lipinski definition) is 0. The molecule has 6 heteroatoms. The molecule has 0 N–H and O–H groups in total. The minimum Gasteiger partial charge on any atom is -0.323 e. The van der Waals surface area contributed by atoms with Crippen LogP contribution in [0.2, 0.25) is 10.0 Å². The van der Waals surface area contributed by atoms with Crippen molar-refractivity contribution in [3.63, 3.8) is 0 Å². The van der Waals surface area contributed by atoms with Crippen LogP contribution >= 0.6 is 23.2 Å². The lowest BCUT2D eigenvalue weighted by atomic mass is 10.1. The topological polar surface area (TPSA) is 38.1 Å². The number of nitrogens with zero attached hydrogens (tertiary/aromatic N) is 3. The molecule has 1 saturated heterocycles. The molecular weight excluding hydrogens is 441 g/mol. The molecule has 1 atom stereocenters. The molecule has 0 spiro atoms. The summed E-state index contributed by atoms with van der Waals surface area (Å²) in [5, 5.41) is 1.24. The SMILES string of the molecule is Cc1ccc(N2CC(c3nc4ccccc4n3Cc3ccc(Cl)cc3Cl)CC2=O)cc1C. The Labute approximate surface area is 197 Å². The quantitative estimate of drug-likeness (QED) is 0.345. The molecule has 1 aliphatic heterocycles. The maximum Gasteiger partial charge on any atom is 0.227 e. The summed E-state index contributed by atoms with van der Waals surface area (Å²) in [5.74, 6) is 1.04. The van der Waals surface area contributed by atoms with Crippen LogP contribution < -0.4 is 4.90 Å². The summed E-state index contributed by atoms with van der Waals surface area (Å²) in [4.78, 5) is 19.8. The standard InChI is InChI=1S/C26H23Cl2N3O/c1-16-7-10-21(11-17(16)2)30-15-19(12-25(30)32)26-29-23-5-3-4-6-24(23)31(26)14-18-8-9-20(27)13-22(18)28/h3-11,13,19H,12,14-15H2,1-2H3. The van der Waals surface area contributed by atoms with Gasteiger partial charge >= 0.3 is 0 Å². The van der Waals surface area contributed by atoms with E-state index in [2.05, 4.69) is 36.6 Å². The number of benzene rings is 3. The molecule has 1 aliphatic rings. The zero-order valence-electron chi connectivity index (χ0n) is 18.0. The van der Waals surface area contributed by atoms with E-state index in [4.69, 9.17) is 28.2 Å². The van der Waals surface area contributed by atoms with Crippen LogP contribution in [0.4, 0.5) is 5.69 Å². The number of hydrogen-bond acceptors (Lipinski definition) is 2. The molecule has 4 aromatic rings. The second kappa shape index (κ2) is 8.27. The summed E-state index contributed by atoms with van der Waals surface area (Å²) >= 11 is 12.6. The van der Waals surface area contributed by atoms with Crippen LogP contribution in [0.1, 0.15) is 34.9 Å². The van der Waals surface area contributed by atoms with E-state index in [1.165, 1.54) is 11.1 Å². The lowest BCUT2D eigenvalue weighted by Gasteiger charge is -2.19. The Morgan fingerprint density at radius 1 is 1.00 bits per heavy atom. The Bertz CT molecular complexity index is 1340. The van der Waals surface area contributed by atoms with Crippen molar-refractivity contribution in [3.8, 4) is 0 Å². The summed E-state index contributed by atoms with van der Waals surface area (Å²) in [6.07, 6.45) is 0.435. The molecule has 0 radical (unpaired) electrons. The molecule has 0 saturated carbocycles. The Hall–Kier alpha value is -2.82. The Morgan fingerprint density at radius 2 is 1.81 bits per heavy atom. The molecule has 1 aromatic heterocycles. The van der Waals surface area contributed by atoms with Gasteiger partial charge in [0.25, 0.3) is 0 Å². The van der Waals surface area contributed by atoms with Crippen molar-refractivity contribution in [2.24, 2.45) is 0 Å². The van der Waals surface area contributed by atoms with Gasteiger partial charge in [0.05, 0.1) is 17.6 Å². The first-order valence-electron chi connectivity index (χ1n) is 10.7. The van der Waals surface area contributed by atoms with Gasteiger partial charge in [-0.2, -0.15) is 0 Å². The molecule has 4 nitrogen and oxygen atoms in total. The van der Waals surface area contributed by atoms with Gasteiger partial charge in [0, 0.05) is 34.6 Å². The highest BCUT2D eigenvalue weighted by Crippen LogP contribution is 2.34. The maximum atomic E-state index is 13.0. The Kier molecular flexibility index (Phi) is 5.44. The number of imidazole rings is 1. The van der Waals surface area contributed by atoms with Crippen molar-refractivity contribution in [2.75, 3.05) is 11.4 Å². The predicted molar refractivity (Wildman–Crippen MR) is 131 cm³/mol. The first kappa shape index (κ1) is 21.0. The summed E-state index contributed by atoms with van der Waals surface area (Å²) in [5.41, 5.74) is 6.28. The normalized spacial score (nSPS) is 16.3. The highest BCUT2D eigenvalue weighted by molar-refractivity contribution is 6.35. The lowest BCUT2D eigenvalue weighted by Crippen LogP contribution is -2.24. The first-order valence-corrected chi connectivity index (χ1v) is 11.4. The first-order chi connectivity index (χ1) is 15.4. The zero-order valence-corrected chi connectivity index (χ0v) is 19.5. The van der Waals surface area contributed by atoms with Gasteiger partial charge in [0.1, 0.15) is 5.82 Å². The van der Waals surface area contributed by atoms with Crippen LogP contribution in [0.25, 0.3) is 11.0 Å². The molecular formula is C26H23Cl2N3O. The number of aryl methyl sites for hydroxylation is 2. The van der Waals surface area contributed by atoms with E-state index >= 15 is 0 Å². The van der Waals surface area contributed by atoms with Gasteiger partial charge in [-0.05, 0) is 66.9 Å². The lowest BCUT2D eigenvalue weighted by molar-refractivity contribution is -0.117. The third-order valence-electron chi connectivity index (χ3n) is 6.32. The van der Waals surface area contributed by atoms with Crippen molar-refractivity contribution >= 4 is 45.8 Å². The number of rotatable bonds is 4. The van der Waals surface area contributed by atoms with E-state index in [1.54, 1.807) is 6.07 Å². The largest absolute Gasteiger partial charge is 0.323 e. The van der Waals surface area contributed by atoms with Gasteiger partial charge < -0.3 is 9.47 Å². The molecule has 32 heavy (non-hydrogen) atoms. The summed E-state index contributed by atoms with van der Waals surface area (Å²) in [7, 11) is 0. The van der Waals surface area contributed by atoms with Gasteiger partial charge in [-0.1, -0.05) is 47.5 Å². The highest BCUT2D eigenvalue weighted by Gasteiger charge is 2.35. The fourth-order valence-electron chi connectivity index (χ4n) is 4.42. The minimum absolute atomic E-state index is 0.00239. The second-order valence-corrected chi connectivity index (χ2v) is 9.30. The van der Waals surface area contributed by atoms with Crippen molar-refractivity contribution in [3.05, 3.63) is 93.2 Å². The Balaban J connectivity index is 1.53. The summed E-state index contributed by atoms with van der Waals surface area (Å²) < 4.78 is 2.19. The van der Waals surface area contributed by atoms with Crippen LogP contribution in [0.15, 0.2) is 60.7 Å². The van der Waals surface area contributed by atoms with Gasteiger partial charge in [-0.25, -0.2) is 4.98 Å². The molecule has 3 aromatic carbocycles. The average molecular weight is 464 g/mol. The van der Waals surface area contributed by atoms with E-state index < -0.39 is 0 Å². The highest BCUT2D eigenvalue weighted by atomic mass is 35.5. The fraction of sp³-hybridized carbons (Fsp3) is 0.231. The number of amides is 1. The maximum absolute atomic E-state index is 13.0. The van der Waals surface area contributed by atoms with Gasteiger partial charge in [-0.15, -0.1) is 0 Å². The van der Waals surface area contributed by atoms with Crippen LogP contribution in [0.5, 0.6) is 0 Å². The van der Waals surface area contributed by atoms with Crippen LogP contribution in [-0.2, 0) is 11.3 Å². The van der Waals surface area contributed by atoms with Crippen molar-refractivity contribution in [2.45, 2.75) is 32.7 Å². The van der Waals surface area contributed by atoms with Crippen molar-refractivity contribution in [1.82, 2.24) is 9.55 Å². The third kappa shape index (κ3) is 3.78. The number of fused-ring (bicyclic) bond motifs is 1. The number of halogens is 2. The van der Waals surface area contributed by atoms with E-state index in [0.717, 1.165) is 28.1 Å². The third-order valence-corrected chi connectivity index (χ3v) is 6.91. The van der Waals surface area contributed by atoms with Gasteiger partial charge in [0.15, 0.2) is 0 Å². The van der Waals surface area contributed by atoms with E-state index in [9.17, 15) is 4.79 Å². The van der Waals surface area contributed by atoms with Gasteiger partial charge in [-0.3, -0.25) is 4.79 Å². The summed E-state index contributed by atoms with van der Waals surface area (Å²) in [6, 6.07) is 19.8. The average Bonchev–Trinajstić information content (AvgIpc) is 3.33. The zero-order chi connectivity index (χ0) is 22.4. The molecule has 162 valence electrons. The molecule has 0 aliphatic carbocycles. The molecule has 2 heterocycles. The van der Waals surface area contributed by atoms with Crippen molar-refractivity contribution in [1.29, 1.82) is 0 Å². The molecule has 1 fully saturated rings. The number of anilines is 1. The predicted octanol–water partition coefficient (Wildman–Crippen LogP) is 6.53. The van der Waals surface area contributed by atoms with Crippen LogP contribution in [0, 0.1) is 13.8 Å². The van der Waals surface area contributed by atoms with Crippen LogP contribution in [-0.4, -0.2) is 22.0 Å². The van der Waals surface area contributed by atoms with E-state index in [0.29, 0.717) is 29.6 Å². The minimum atomic E-state index is 0.00239. The number of para-hydroxylation sites is 2. The van der Waals surface area contributed by atoms with Crippen LogP contribution in [0.3, 0.4) is 0 Å². The number of carbonyl (C=O) groups excluding carboxylic acids is 1. The molecule has 1 unspecified atom stereocenters. The number of carbonyl (C=O) groups is 1. The fourth-order valence-corrected chi connectivity index (χ4v) is 4.88. The smallest absolute Gasteiger partial charge is 0.227 e. The molecule has 5 rings (SSSR count). The Morgan fingerprint density at radius 3 is 2.59 bits per heavy atom. The number of aromatic nitrogens is 2. The van der Waals surface area contributed by atoms with E-state index in [1.807, 2.05) is 41.3 Å². The molecule has 0 bridgehead atoms. The molecule has 1 amide bonds.